The first-order chi connectivity index (χ1) is 10.1. The van der Waals surface area contributed by atoms with Crippen LogP contribution in [0, 0.1) is 11.7 Å². The van der Waals surface area contributed by atoms with E-state index in [1.807, 2.05) is 29.7 Å². The van der Waals surface area contributed by atoms with Crippen molar-refractivity contribution in [2.45, 2.75) is 13.5 Å². The number of hydrogen-bond acceptors (Lipinski definition) is 2. The number of ether oxygens (including phenoxy) is 1. The van der Waals surface area contributed by atoms with Crippen molar-refractivity contribution < 1.29 is 13.5 Å². The molecule has 0 saturated carbocycles. The molecule has 1 N–H and O–H groups in total. The van der Waals surface area contributed by atoms with Crippen LogP contribution in [-0.4, -0.2) is 16.2 Å². The van der Waals surface area contributed by atoms with E-state index >= 15 is 0 Å². The summed E-state index contributed by atoms with van der Waals surface area (Å²) in [4.78, 5) is 3.14. The summed E-state index contributed by atoms with van der Waals surface area (Å²) in [7, 11) is 0. The molecular weight excluding hydrogens is 294 g/mol. The summed E-state index contributed by atoms with van der Waals surface area (Å²) >= 11 is 5.35. The Hall–Kier alpha value is -2.21. The lowest BCUT2D eigenvalue weighted by Gasteiger charge is -2.08. The maximum absolute atomic E-state index is 12.2. The van der Waals surface area contributed by atoms with Crippen LogP contribution in [0.3, 0.4) is 0 Å². The second kappa shape index (κ2) is 5.29. The zero-order valence-electron chi connectivity index (χ0n) is 11.1. The molecule has 0 fully saturated rings. The lowest BCUT2D eigenvalue weighted by atomic mass is 10.2. The van der Waals surface area contributed by atoms with Gasteiger partial charge in [0.25, 0.3) is 0 Å². The van der Waals surface area contributed by atoms with Crippen molar-refractivity contribution >= 4 is 23.3 Å². The van der Waals surface area contributed by atoms with Crippen LogP contribution in [-0.2, 0) is 0 Å². The minimum atomic E-state index is -2.83. The van der Waals surface area contributed by atoms with Crippen LogP contribution in [0.4, 0.5) is 8.78 Å². The number of aromatic nitrogens is 2. The summed E-state index contributed by atoms with van der Waals surface area (Å²) in [5.41, 5.74) is 3.79. The molecule has 6 heteroatoms. The maximum atomic E-state index is 12.2. The molecule has 0 spiro atoms. The zero-order valence-corrected chi connectivity index (χ0v) is 12.0. The fourth-order valence-corrected chi connectivity index (χ4v) is 2.66. The zero-order chi connectivity index (χ0) is 15.0. The monoisotopic (exact) mass is 306 g/mol. The molecule has 0 atom stereocenters. The Labute approximate surface area is 124 Å². The second-order valence-corrected chi connectivity index (χ2v) is 5.00. The largest absolute Gasteiger partial charge is 0.435 e. The van der Waals surface area contributed by atoms with E-state index in [-0.39, 0.29) is 5.75 Å². The second-order valence-electron chi connectivity index (χ2n) is 4.61. The quantitative estimate of drug-likeness (QED) is 0.717. The third kappa shape index (κ3) is 2.54. The molecule has 3 aromatic rings. The van der Waals surface area contributed by atoms with E-state index < -0.39 is 6.61 Å². The first-order valence-electron chi connectivity index (χ1n) is 6.32. The third-order valence-electron chi connectivity index (χ3n) is 3.23. The average Bonchev–Trinajstić information content (AvgIpc) is 2.77. The number of benzene rings is 2. The number of imidazole rings is 1. The van der Waals surface area contributed by atoms with E-state index in [2.05, 4.69) is 9.72 Å². The Balaban J connectivity index is 2.12. The average molecular weight is 306 g/mol. The van der Waals surface area contributed by atoms with Crippen molar-refractivity contribution in [1.82, 2.24) is 9.55 Å². The van der Waals surface area contributed by atoms with Crippen molar-refractivity contribution in [2.75, 3.05) is 0 Å². The smallest absolute Gasteiger partial charge is 0.387 e. The Bertz CT molecular complexity index is 837. The molecular formula is C15H12F2N2OS. The summed E-state index contributed by atoms with van der Waals surface area (Å²) in [6.07, 6.45) is 0. The molecule has 0 aliphatic carbocycles. The Kier molecular flexibility index (Phi) is 3.47. The first-order valence-corrected chi connectivity index (χ1v) is 6.72. The van der Waals surface area contributed by atoms with E-state index in [1.165, 1.54) is 12.1 Å². The Morgan fingerprint density at radius 1 is 1.14 bits per heavy atom. The molecule has 1 heterocycles. The standard InChI is InChI=1S/C15H12F2N2OS/c1-9-3-2-4-12-13(9)19(15(21)18-12)10-5-7-11(8-6-10)20-14(16)17/h2-8,14H,1H3,(H,18,21). The van der Waals surface area contributed by atoms with E-state index in [0.29, 0.717) is 4.77 Å². The highest BCUT2D eigenvalue weighted by Crippen LogP contribution is 2.24. The highest BCUT2D eigenvalue weighted by atomic mass is 32.1. The predicted molar refractivity (Wildman–Crippen MR) is 79.8 cm³/mol. The number of alkyl halides is 2. The van der Waals surface area contributed by atoms with Gasteiger partial charge in [0.05, 0.1) is 11.0 Å². The van der Waals surface area contributed by atoms with Gasteiger partial charge in [0.15, 0.2) is 4.77 Å². The van der Waals surface area contributed by atoms with Gasteiger partial charge in [-0.3, -0.25) is 4.57 Å². The Morgan fingerprint density at radius 2 is 1.86 bits per heavy atom. The topological polar surface area (TPSA) is 29.9 Å². The van der Waals surface area contributed by atoms with Crippen LogP contribution in [0.5, 0.6) is 5.75 Å². The normalized spacial score (nSPS) is 11.2. The molecule has 0 radical (unpaired) electrons. The molecule has 0 bridgehead atoms. The first kappa shape index (κ1) is 13.8. The van der Waals surface area contributed by atoms with Gasteiger partial charge in [-0.2, -0.15) is 8.78 Å². The molecule has 0 saturated heterocycles. The number of fused-ring (bicyclic) bond motifs is 1. The van der Waals surface area contributed by atoms with Crippen molar-refractivity contribution in [2.24, 2.45) is 0 Å². The number of H-pyrrole nitrogens is 1. The number of rotatable bonds is 3. The molecule has 0 aliphatic heterocycles. The van der Waals surface area contributed by atoms with Crippen LogP contribution >= 0.6 is 12.2 Å². The predicted octanol–water partition coefficient (Wildman–Crippen LogP) is 4.60. The van der Waals surface area contributed by atoms with Crippen molar-refractivity contribution in [3.63, 3.8) is 0 Å². The lowest BCUT2D eigenvalue weighted by Crippen LogP contribution is -2.02. The highest BCUT2D eigenvalue weighted by Gasteiger charge is 2.09. The highest BCUT2D eigenvalue weighted by molar-refractivity contribution is 7.71. The summed E-state index contributed by atoms with van der Waals surface area (Å²) in [6, 6.07) is 12.3. The van der Waals surface area contributed by atoms with Gasteiger partial charge in [0.2, 0.25) is 0 Å². The number of aryl methyl sites for hydroxylation is 1. The van der Waals surface area contributed by atoms with Crippen LogP contribution in [0.1, 0.15) is 5.56 Å². The van der Waals surface area contributed by atoms with Crippen LogP contribution in [0.15, 0.2) is 42.5 Å². The van der Waals surface area contributed by atoms with Crippen LogP contribution < -0.4 is 4.74 Å². The van der Waals surface area contributed by atoms with E-state index in [0.717, 1.165) is 22.3 Å². The van der Waals surface area contributed by atoms with Gasteiger partial charge in [-0.15, -0.1) is 0 Å². The van der Waals surface area contributed by atoms with E-state index in [4.69, 9.17) is 12.2 Å². The number of para-hydroxylation sites is 1. The number of hydrogen-bond donors (Lipinski definition) is 1. The number of nitrogens with zero attached hydrogens (tertiary/aromatic N) is 1. The van der Waals surface area contributed by atoms with Gasteiger partial charge in [-0.1, -0.05) is 12.1 Å². The Morgan fingerprint density at radius 3 is 2.52 bits per heavy atom. The van der Waals surface area contributed by atoms with Crippen molar-refractivity contribution in [3.05, 3.63) is 52.8 Å². The number of aromatic amines is 1. The summed E-state index contributed by atoms with van der Waals surface area (Å²) in [6.45, 7) is -0.830. The number of halogens is 2. The van der Waals surface area contributed by atoms with Gasteiger partial charge in [-0.25, -0.2) is 0 Å². The molecule has 3 rings (SSSR count). The fourth-order valence-electron chi connectivity index (χ4n) is 2.35. The fraction of sp³-hybridized carbons (Fsp3) is 0.133. The maximum Gasteiger partial charge on any atom is 0.387 e. The van der Waals surface area contributed by atoms with E-state index in [9.17, 15) is 8.78 Å². The third-order valence-corrected chi connectivity index (χ3v) is 3.51. The minimum absolute atomic E-state index is 0.122. The molecule has 21 heavy (non-hydrogen) atoms. The van der Waals surface area contributed by atoms with Gasteiger partial charge in [0.1, 0.15) is 5.75 Å². The van der Waals surface area contributed by atoms with Gasteiger partial charge >= 0.3 is 6.61 Å². The molecule has 3 nitrogen and oxygen atoms in total. The van der Waals surface area contributed by atoms with Crippen LogP contribution in [0.25, 0.3) is 16.7 Å². The molecule has 1 aromatic heterocycles. The molecule has 108 valence electrons. The summed E-state index contributed by atoms with van der Waals surface area (Å²) in [5.74, 6) is 0.122. The van der Waals surface area contributed by atoms with Crippen LogP contribution in [0.2, 0.25) is 0 Å². The minimum Gasteiger partial charge on any atom is -0.435 e. The van der Waals surface area contributed by atoms with Gasteiger partial charge in [0, 0.05) is 5.69 Å². The lowest BCUT2D eigenvalue weighted by molar-refractivity contribution is -0.0498. The van der Waals surface area contributed by atoms with Gasteiger partial charge in [-0.05, 0) is 55.0 Å². The van der Waals surface area contributed by atoms with Crippen molar-refractivity contribution in [3.8, 4) is 11.4 Å². The molecule has 2 aromatic carbocycles. The summed E-state index contributed by atoms with van der Waals surface area (Å²) in [5, 5.41) is 0. The van der Waals surface area contributed by atoms with Gasteiger partial charge < -0.3 is 9.72 Å². The summed E-state index contributed by atoms with van der Waals surface area (Å²) < 4.78 is 31.1. The molecule has 0 unspecified atom stereocenters. The molecule has 0 amide bonds. The number of nitrogens with one attached hydrogen (secondary N) is 1. The van der Waals surface area contributed by atoms with E-state index in [1.54, 1.807) is 12.1 Å². The van der Waals surface area contributed by atoms with Crippen molar-refractivity contribution in [1.29, 1.82) is 0 Å². The SMILES string of the molecule is Cc1cccc2[nH]c(=S)n(-c3ccc(OC(F)F)cc3)c12. The molecule has 0 aliphatic rings.